The minimum absolute atomic E-state index is 0.0472. The summed E-state index contributed by atoms with van der Waals surface area (Å²) in [4.78, 5) is 29.3. The third-order valence-corrected chi connectivity index (χ3v) is 2.50. The van der Waals surface area contributed by atoms with E-state index in [-0.39, 0.29) is 24.3 Å². The van der Waals surface area contributed by atoms with Gasteiger partial charge in [0, 0.05) is 24.5 Å². The second-order valence-corrected chi connectivity index (χ2v) is 3.76. The highest BCUT2D eigenvalue weighted by atomic mass is 16.4. The summed E-state index contributed by atoms with van der Waals surface area (Å²) in [6.45, 7) is 0.0792. The third kappa shape index (κ3) is 2.76. The van der Waals surface area contributed by atoms with Crippen LogP contribution in [0.1, 0.15) is 16.8 Å². The van der Waals surface area contributed by atoms with Crippen LogP contribution in [0.4, 0.5) is 5.82 Å². The number of anilines is 1. The molecule has 98 valence electrons. The SMILES string of the molecule is O=C([O-])CCNc1ncnc2cccc(C(=O)[O-])c12. The molecule has 2 aromatic rings. The zero-order valence-corrected chi connectivity index (χ0v) is 9.75. The summed E-state index contributed by atoms with van der Waals surface area (Å²) in [6.07, 6.45) is 1.06. The van der Waals surface area contributed by atoms with Gasteiger partial charge in [0.1, 0.15) is 12.1 Å². The molecular formula is C12H9N3O4-2. The fraction of sp³-hybridized carbons (Fsp3) is 0.167. The number of hydrogen-bond acceptors (Lipinski definition) is 7. The maximum atomic E-state index is 11.1. The van der Waals surface area contributed by atoms with Gasteiger partial charge in [-0.2, -0.15) is 0 Å². The number of aromatic carboxylic acids is 1. The van der Waals surface area contributed by atoms with Crippen LogP contribution in [0.15, 0.2) is 24.5 Å². The molecule has 0 atom stereocenters. The van der Waals surface area contributed by atoms with Crippen LogP contribution in [0.25, 0.3) is 10.9 Å². The fourth-order valence-electron chi connectivity index (χ4n) is 1.70. The summed E-state index contributed by atoms with van der Waals surface area (Å²) >= 11 is 0. The normalized spacial score (nSPS) is 10.3. The number of carboxylic acid groups (broad SMARTS) is 2. The molecule has 1 aromatic carbocycles. The van der Waals surface area contributed by atoms with Crippen LogP contribution in [0.5, 0.6) is 0 Å². The lowest BCUT2D eigenvalue weighted by Crippen LogP contribution is -2.25. The highest BCUT2D eigenvalue weighted by Gasteiger charge is 2.08. The number of aromatic nitrogens is 2. The smallest absolute Gasteiger partial charge is 0.137 e. The first-order valence-corrected chi connectivity index (χ1v) is 5.48. The molecule has 2 rings (SSSR count). The van der Waals surface area contributed by atoms with E-state index in [2.05, 4.69) is 15.3 Å². The Kier molecular flexibility index (Phi) is 3.56. The molecule has 0 aliphatic rings. The van der Waals surface area contributed by atoms with Gasteiger partial charge in [0.2, 0.25) is 0 Å². The number of aliphatic carboxylic acids is 1. The van der Waals surface area contributed by atoms with E-state index in [4.69, 9.17) is 0 Å². The molecule has 0 unspecified atom stereocenters. The van der Waals surface area contributed by atoms with Gasteiger partial charge in [0.25, 0.3) is 0 Å². The zero-order chi connectivity index (χ0) is 13.8. The molecule has 1 N–H and O–H groups in total. The molecule has 0 aliphatic heterocycles. The molecule has 0 aliphatic carbocycles. The summed E-state index contributed by atoms with van der Waals surface area (Å²) in [6, 6.07) is 4.56. The predicted octanol–water partition coefficient (Wildman–Crippen LogP) is -1.45. The number of benzene rings is 1. The Morgan fingerprint density at radius 1 is 1.21 bits per heavy atom. The molecule has 1 aromatic heterocycles. The van der Waals surface area contributed by atoms with E-state index in [0.29, 0.717) is 10.9 Å². The molecule has 0 saturated carbocycles. The van der Waals surface area contributed by atoms with Crippen molar-refractivity contribution in [3.63, 3.8) is 0 Å². The number of nitrogens with zero attached hydrogens (tertiary/aromatic N) is 2. The highest BCUT2D eigenvalue weighted by molar-refractivity contribution is 6.06. The average molecular weight is 259 g/mol. The van der Waals surface area contributed by atoms with Crippen molar-refractivity contribution < 1.29 is 19.8 Å². The standard InChI is InChI=1S/C12H11N3O4/c16-9(17)4-5-13-11-10-7(12(18)19)2-1-3-8(10)14-6-15-11/h1-3,6H,4-5H2,(H,16,17)(H,18,19)(H,13,14,15)/p-2. The number of carbonyl (C=O) groups excluding carboxylic acids is 2. The van der Waals surface area contributed by atoms with Crippen LogP contribution >= 0.6 is 0 Å². The van der Waals surface area contributed by atoms with E-state index in [9.17, 15) is 19.8 Å². The lowest BCUT2D eigenvalue weighted by Gasteiger charge is -2.12. The summed E-state index contributed by atoms with van der Waals surface area (Å²) < 4.78 is 0. The second-order valence-electron chi connectivity index (χ2n) is 3.76. The highest BCUT2D eigenvalue weighted by Crippen LogP contribution is 2.23. The number of hydrogen-bond donors (Lipinski definition) is 1. The number of carboxylic acids is 2. The Bertz CT molecular complexity index is 637. The van der Waals surface area contributed by atoms with Crippen LogP contribution in [0.2, 0.25) is 0 Å². The maximum Gasteiger partial charge on any atom is 0.137 e. The van der Waals surface area contributed by atoms with Crippen LogP contribution in [0.3, 0.4) is 0 Å². The lowest BCUT2D eigenvalue weighted by molar-refractivity contribution is -0.305. The largest absolute Gasteiger partial charge is 0.550 e. The summed E-state index contributed by atoms with van der Waals surface area (Å²) in [5.74, 6) is -2.29. The third-order valence-electron chi connectivity index (χ3n) is 2.50. The number of fused-ring (bicyclic) bond motifs is 1. The van der Waals surface area contributed by atoms with E-state index in [1.807, 2.05) is 0 Å². The van der Waals surface area contributed by atoms with E-state index >= 15 is 0 Å². The Hall–Kier alpha value is -2.70. The topological polar surface area (TPSA) is 118 Å². The summed E-state index contributed by atoms with van der Waals surface area (Å²) in [5, 5.41) is 24.4. The molecule has 7 nitrogen and oxygen atoms in total. The van der Waals surface area contributed by atoms with Crippen molar-refractivity contribution in [3.8, 4) is 0 Å². The average Bonchev–Trinajstić information content (AvgIpc) is 2.37. The van der Waals surface area contributed by atoms with E-state index in [0.717, 1.165) is 0 Å². The Morgan fingerprint density at radius 3 is 2.68 bits per heavy atom. The number of carbonyl (C=O) groups is 2. The summed E-state index contributed by atoms with van der Waals surface area (Å²) in [7, 11) is 0. The quantitative estimate of drug-likeness (QED) is 0.697. The molecule has 0 saturated heterocycles. The molecule has 0 amide bonds. The van der Waals surface area contributed by atoms with Crippen molar-refractivity contribution in [1.82, 2.24) is 9.97 Å². The van der Waals surface area contributed by atoms with Crippen molar-refractivity contribution in [2.45, 2.75) is 6.42 Å². The van der Waals surface area contributed by atoms with Gasteiger partial charge in [-0.3, -0.25) is 0 Å². The van der Waals surface area contributed by atoms with E-state index in [1.54, 1.807) is 12.1 Å². The fourth-order valence-corrected chi connectivity index (χ4v) is 1.70. The first kappa shape index (κ1) is 12.7. The molecule has 19 heavy (non-hydrogen) atoms. The molecule has 0 fully saturated rings. The van der Waals surface area contributed by atoms with Gasteiger partial charge in [-0.25, -0.2) is 9.97 Å². The zero-order valence-electron chi connectivity index (χ0n) is 9.75. The molecular weight excluding hydrogens is 250 g/mol. The van der Waals surface area contributed by atoms with Crippen LogP contribution < -0.4 is 15.5 Å². The van der Waals surface area contributed by atoms with Gasteiger partial charge in [0.05, 0.1) is 16.9 Å². The van der Waals surface area contributed by atoms with Crippen LogP contribution in [-0.4, -0.2) is 28.5 Å². The van der Waals surface area contributed by atoms with Gasteiger partial charge < -0.3 is 25.1 Å². The molecule has 0 bridgehead atoms. The number of rotatable bonds is 5. The van der Waals surface area contributed by atoms with Gasteiger partial charge in [0.15, 0.2) is 0 Å². The first-order valence-electron chi connectivity index (χ1n) is 5.48. The molecule has 0 spiro atoms. The minimum atomic E-state index is -1.34. The molecule has 0 radical (unpaired) electrons. The van der Waals surface area contributed by atoms with Gasteiger partial charge >= 0.3 is 0 Å². The lowest BCUT2D eigenvalue weighted by atomic mass is 10.1. The molecule has 1 heterocycles. The Morgan fingerprint density at radius 2 is 2.00 bits per heavy atom. The Labute approximate surface area is 107 Å². The van der Waals surface area contributed by atoms with Crippen molar-refractivity contribution in [2.75, 3.05) is 11.9 Å². The monoisotopic (exact) mass is 259 g/mol. The Balaban J connectivity index is 2.42. The summed E-state index contributed by atoms with van der Waals surface area (Å²) in [5.41, 5.74) is 0.390. The van der Waals surface area contributed by atoms with Crippen LogP contribution in [0, 0.1) is 0 Å². The maximum absolute atomic E-state index is 11.1. The first-order chi connectivity index (χ1) is 9.09. The minimum Gasteiger partial charge on any atom is -0.550 e. The predicted molar refractivity (Wildman–Crippen MR) is 62.0 cm³/mol. The van der Waals surface area contributed by atoms with Gasteiger partial charge in [-0.05, 0) is 6.07 Å². The van der Waals surface area contributed by atoms with Crippen LogP contribution in [-0.2, 0) is 4.79 Å². The van der Waals surface area contributed by atoms with E-state index < -0.39 is 11.9 Å². The second kappa shape index (κ2) is 5.30. The van der Waals surface area contributed by atoms with Crippen molar-refractivity contribution in [3.05, 3.63) is 30.1 Å². The van der Waals surface area contributed by atoms with Crippen molar-refractivity contribution in [1.29, 1.82) is 0 Å². The molecule has 7 heteroatoms. The number of nitrogens with one attached hydrogen (secondary N) is 1. The van der Waals surface area contributed by atoms with Gasteiger partial charge in [-0.15, -0.1) is 0 Å². The van der Waals surface area contributed by atoms with E-state index in [1.165, 1.54) is 12.4 Å². The van der Waals surface area contributed by atoms with Crippen molar-refractivity contribution in [2.24, 2.45) is 0 Å². The van der Waals surface area contributed by atoms with Crippen molar-refractivity contribution >= 4 is 28.7 Å². The van der Waals surface area contributed by atoms with Gasteiger partial charge in [-0.1, -0.05) is 12.1 Å².